The highest BCUT2D eigenvalue weighted by molar-refractivity contribution is 9.10. The average molecular weight is 352 g/mol. The Balaban J connectivity index is 1.66. The van der Waals surface area contributed by atoms with Crippen molar-refractivity contribution in [3.8, 4) is 5.75 Å². The summed E-state index contributed by atoms with van der Waals surface area (Å²) in [6, 6.07) is 5.75. The van der Waals surface area contributed by atoms with Crippen LogP contribution in [0.15, 0.2) is 28.2 Å². The van der Waals surface area contributed by atoms with Crippen LogP contribution in [0.1, 0.15) is 24.8 Å². The molecule has 5 heteroatoms. The van der Waals surface area contributed by atoms with Gasteiger partial charge in [0.25, 0.3) is 5.91 Å². The van der Waals surface area contributed by atoms with Gasteiger partial charge in [-0.15, -0.1) is 0 Å². The van der Waals surface area contributed by atoms with E-state index < -0.39 is 0 Å². The van der Waals surface area contributed by atoms with Gasteiger partial charge in [0.05, 0.1) is 5.57 Å². The average Bonchev–Trinajstić information content (AvgIpc) is 3.24. The second-order valence-corrected chi connectivity index (χ2v) is 6.71. The molecule has 1 aliphatic carbocycles. The first kappa shape index (κ1) is 14.6. The van der Waals surface area contributed by atoms with E-state index >= 15 is 0 Å². The summed E-state index contributed by atoms with van der Waals surface area (Å²) in [5.74, 6) is 0.721. The molecule has 1 fully saturated rings. The van der Waals surface area contributed by atoms with Gasteiger partial charge in [0.15, 0.2) is 0 Å². The molecular weight excluding hydrogens is 334 g/mol. The summed E-state index contributed by atoms with van der Waals surface area (Å²) in [6.45, 7) is 1.12. The van der Waals surface area contributed by atoms with Crippen molar-refractivity contribution < 1.29 is 14.6 Å². The molecule has 1 aromatic carbocycles. The number of fused-ring (bicyclic) bond motifs is 1. The first-order valence-electron chi connectivity index (χ1n) is 7.14. The van der Waals surface area contributed by atoms with Crippen LogP contribution in [0.25, 0.3) is 6.08 Å². The van der Waals surface area contributed by atoms with Crippen LogP contribution in [0.2, 0.25) is 0 Å². The first-order chi connectivity index (χ1) is 10.1. The van der Waals surface area contributed by atoms with E-state index in [-0.39, 0.29) is 17.9 Å². The van der Waals surface area contributed by atoms with Crippen molar-refractivity contribution in [1.82, 2.24) is 5.32 Å². The topological polar surface area (TPSA) is 58.6 Å². The smallest absolute Gasteiger partial charge is 0.250 e. The maximum absolute atomic E-state index is 12.2. The van der Waals surface area contributed by atoms with Gasteiger partial charge < -0.3 is 15.2 Å². The molecule has 1 aliphatic heterocycles. The molecule has 112 valence electrons. The molecule has 3 rings (SSSR count). The van der Waals surface area contributed by atoms with Gasteiger partial charge in [0.1, 0.15) is 12.4 Å². The van der Waals surface area contributed by atoms with E-state index in [1.807, 2.05) is 24.3 Å². The van der Waals surface area contributed by atoms with Gasteiger partial charge in [-0.2, -0.15) is 0 Å². The second-order valence-electron chi connectivity index (χ2n) is 5.80. The molecular formula is C16H18BrNO3. The van der Waals surface area contributed by atoms with Gasteiger partial charge in [-0.3, -0.25) is 4.79 Å². The molecule has 2 N–H and O–H groups in total. The van der Waals surface area contributed by atoms with Crippen molar-refractivity contribution in [3.05, 3.63) is 33.8 Å². The van der Waals surface area contributed by atoms with Crippen molar-refractivity contribution in [1.29, 1.82) is 0 Å². The molecule has 1 amide bonds. The van der Waals surface area contributed by atoms with Crippen molar-refractivity contribution in [3.63, 3.8) is 0 Å². The number of halogens is 1. The lowest BCUT2D eigenvalue weighted by molar-refractivity contribution is -0.118. The molecule has 0 spiro atoms. The SMILES string of the molecule is O=C(NCC1(CCO)CC1)C1=Cc2cc(Br)ccc2OC1. The molecule has 21 heavy (non-hydrogen) atoms. The molecule has 1 saturated carbocycles. The van der Waals surface area contributed by atoms with Gasteiger partial charge in [-0.1, -0.05) is 15.9 Å². The number of hydrogen-bond donors (Lipinski definition) is 2. The van der Waals surface area contributed by atoms with E-state index in [0.717, 1.165) is 35.0 Å². The van der Waals surface area contributed by atoms with Crippen LogP contribution in [0, 0.1) is 5.41 Å². The Labute approximate surface area is 132 Å². The molecule has 0 saturated heterocycles. The number of rotatable bonds is 5. The molecule has 2 aliphatic rings. The van der Waals surface area contributed by atoms with Gasteiger partial charge in [0, 0.05) is 23.2 Å². The summed E-state index contributed by atoms with van der Waals surface area (Å²) >= 11 is 3.42. The van der Waals surface area contributed by atoms with Crippen molar-refractivity contribution in [2.24, 2.45) is 5.41 Å². The number of ether oxygens (including phenoxy) is 1. The predicted molar refractivity (Wildman–Crippen MR) is 84.0 cm³/mol. The lowest BCUT2D eigenvalue weighted by atomic mass is 10.0. The summed E-state index contributed by atoms with van der Waals surface area (Å²) in [7, 11) is 0. The molecule has 1 heterocycles. The van der Waals surface area contributed by atoms with E-state index in [4.69, 9.17) is 9.84 Å². The fourth-order valence-corrected chi connectivity index (χ4v) is 2.97. The zero-order valence-electron chi connectivity index (χ0n) is 11.7. The Morgan fingerprint density at radius 1 is 1.43 bits per heavy atom. The lowest BCUT2D eigenvalue weighted by Gasteiger charge is -2.19. The number of carbonyl (C=O) groups is 1. The molecule has 0 radical (unpaired) electrons. The van der Waals surface area contributed by atoms with Crippen molar-refractivity contribution >= 4 is 27.9 Å². The normalized spacial score (nSPS) is 18.3. The monoisotopic (exact) mass is 351 g/mol. The van der Waals surface area contributed by atoms with Gasteiger partial charge in [-0.25, -0.2) is 0 Å². The third-order valence-electron chi connectivity index (χ3n) is 4.20. The number of carbonyl (C=O) groups excluding carboxylic acids is 1. The van der Waals surface area contributed by atoms with Gasteiger partial charge in [0.2, 0.25) is 0 Å². The number of aliphatic hydroxyl groups excluding tert-OH is 1. The number of benzene rings is 1. The van der Waals surface area contributed by atoms with Crippen LogP contribution >= 0.6 is 15.9 Å². The van der Waals surface area contributed by atoms with Crippen molar-refractivity contribution in [2.75, 3.05) is 19.8 Å². The maximum Gasteiger partial charge on any atom is 0.250 e. The Kier molecular flexibility index (Phi) is 4.04. The quantitative estimate of drug-likeness (QED) is 0.856. The van der Waals surface area contributed by atoms with Crippen molar-refractivity contribution in [2.45, 2.75) is 19.3 Å². The highest BCUT2D eigenvalue weighted by atomic mass is 79.9. The van der Waals surface area contributed by atoms with Crippen LogP contribution in [-0.4, -0.2) is 30.8 Å². The Morgan fingerprint density at radius 3 is 2.95 bits per heavy atom. The number of amides is 1. The minimum Gasteiger partial charge on any atom is -0.488 e. The summed E-state index contributed by atoms with van der Waals surface area (Å²) in [5.41, 5.74) is 1.68. The number of nitrogens with one attached hydrogen (secondary N) is 1. The number of aliphatic hydroxyl groups is 1. The molecule has 4 nitrogen and oxygen atoms in total. The Bertz CT molecular complexity index is 593. The third-order valence-corrected chi connectivity index (χ3v) is 4.69. The van der Waals surface area contributed by atoms with Gasteiger partial charge >= 0.3 is 0 Å². The van der Waals surface area contributed by atoms with E-state index in [2.05, 4.69) is 21.2 Å². The van der Waals surface area contributed by atoms with E-state index in [9.17, 15) is 4.79 Å². The minimum absolute atomic E-state index is 0.0789. The zero-order chi connectivity index (χ0) is 14.9. The largest absolute Gasteiger partial charge is 0.488 e. The Hall–Kier alpha value is -1.33. The fraction of sp³-hybridized carbons (Fsp3) is 0.438. The van der Waals surface area contributed by atoms with Gasteiger partial charge in [-0.05, 0) is 49.0 Å². The second kappa shape index (κ2) is 5.81. The highest BCUT2D eigenvalue weighted by Crippen LogP contribution is 2.47. The Morgan fingerprint density at radius 2 is 2.24 bits per heavy atom. The molecule has 0 bridgehead atoms. The third kappa shape index (κ3) is 3.30. The van der Waals surface area contributed by atoms with Crippen LogP contribution in [0.4, 0.5) is 0 Å². The summed E-state index contributed by atoms with van der Waals surface area (Å²) in [6.07, 6.45) is 4.81. The zero-order valence-corrected chi connectivity index (χ0v) is 13.3. The van der Waals surface area contributed by atoms with E-state index in [1.54, 1.807) is 0 Å². The predicted octanol–water partition coefficient (Wildman–Crippen LogP) is 2.50. The first-order valence-corrected chi connectivity index (χ1v) is 7.93. The molecule has 0 aromatic heterocycles. The lowest BCUT2D eigenvalue weighted by Crippen LogP contribution is -2.33. The summed E-state index contributed by atoms with van der Waals surface area (Å²) in [4.78, 5) is 12.2. The summed E-state index contributed by atoms with van der Waals surface area (Å²) in [5, 5.41) is 12.0. The molecule has 1 aromatic rings. The van der Waals surface area contributed by atoms with Crippen LogP contribution < -0.4 is 10.1 Å². The number of hydrogen-bond acceptors (Lipinski definition) is 3. The minimum atomic E-state index is -0.0789. The molecule has 0 atom stereocenters. The van der Waals surface area contributed by atoms with E-state index in [0.29, 0.717) is 18.7 Å². The van der Waals surface area contributed by atoms with E-state index in [1.165, 1.54) is 0 Å². The fourth-order valence-electron chi connectivity index (χ4n) is 2.59. The standard InChI is InChI=1S/C16H18BrNO3/c17-13-1-2-14-11(8-13)7-12(9-21-14)15(20)18-10-16(3-4-16)5-6-19/h1-2,7-8,19H,3-6,9-10H2,(H,18,20). The van der Waals surface area contributed by atoms with Crippen LogP contribution in [-0.2, 0) is 4.79 Å². The van der Waals surface area contributed by atoms with Crippen LogP contribution in [0.5, 0.6) is 5.75 Å². The summed E-state index contributed by atoms with van der Waals surface area (Å²) < 4.78 is 6.58. The highest BCUT2D eigenvalue weighted by Gasteiger charge is 2.42. The maximum atomic E-state index is 12.2. The molecule has 0 unspecified atom stereocenters. The van der Waals surface area contributed by atoms with Crippen LogP contribution in [0.3, 0.4) is 0 Å².